The molecule has 0 aliphatic carbocycles. The van der Waals surface area contributed by atoms with Crippen LogP contribution in [0, 0.1) is 5.82 Å². The van der Waals surface area contributed by atoms with Crippen molar-refractivity contribution < 1.29 is 9.50 Å². The molecule has 0 aliphatic heterocycles. The van der Waals surface area contributed by atoms with Crippen LogP contribution in [0.1, 0.15) is 45.8 Å². The number of benzene rings is 1. The van der Waals surface area contributed by atoms with Crippen molar-refractivity contribution in [2.45, 2.75) is 45.8 Å². The Morgan fingerprint density at radius 1 is 1.22 bits per heavy atom. The van der Waals surface area contributed by atoms with E-state index < -0.39 is 6.10 Å². The summed E-state index contributed by atoms with van der Waals surface area (Å²) in [4.78, 5) is 2.32. The second-order valence-electron chi connectivity index (χ2n) is 5.61. The molecule has 0 saturated heterocycles. The zero-order valence-corrected chi connectivity index (χ0v) is 11.8. The number of hydrogen-bond donors (Lipinski definition) is 1. The van der Waals surface area contributed by atoms with Crippen molar-refractivity contribution in [3.63, 3.8) is 0 Å². The van der Waals surface area contributed by atoms with Gasteiger partial charge < -0.3 is 5.11 Å². The van der Waals surface area contributed by atoms with E-state index in [-0.39, 0.29) is 11.4 Å². The van der Waals surface area contributed by atoms with Gasteiger partial charge in [-0.15, -0.1) is 0 Å². The van der Waals surface area contributed by atoms with Gasteiger partial charge in [-0.05, 0) is 51.4 Å². The van der Waals surface area contributed by atoms with E-state index in [0.29, 0.717) is 6.42 Å². The van der Waals surface area contributed by atoms with Gasteiger partial charge in [0.1, 0.15) is 5.82 Å². The summed E-state index contributed by atoms with van der Waals surface area (Å²) in [5, 5.41) is 10.1. The molecular weight excluding hydrogens is 229 g/mol. The first-order chi connectivity index (χ1) is 8.34. The Bertz CT molecular complexity index is 356. The monoisotopic (exact) mass is 253 g/mol. The van der Waals surface area contributed by atoms with Gasteiger partial charge in [0.2, 0.25) is 0 Å². The largest absolute Gasteiger partial charge is 0.388 e. The highest BCUT2D eigenvalue weighted by Gasteiger charge is 2.20. The van der Waals surface area contributed by atoms with Crippen molar-refractivity contribution in [3.05, 3.63) is 35.6 Å². The van der Waals surface area contributed by atoms with Crippen molar-refractivity contribution in [3.8, 4) is 0 Å². The van der Waals surface area contributed by atoms with E-state index in [0.717, 1.165) is 18.7 Å². The van der Waals surface area contributed by atoms with E-state index in [1.807, 2.05) is 0 Å². The number of halogens is 1. The van der Waals surface area contributed by atoms with Gasteiger partial charge in [0.15, 0.2) is 0 Å². The Kier molecular flexibility index (Phi) is 5.29. The summed E-state index contributed by atoms with van der Waals surface area (Å²) in [6, 6.07) is 6.07. The molecule has 0 saturated carbocycles. The van der Waals surface area contributed by atoms with E-state index in [2.05, 4.69) is 32.6 Å². The van der Waals surface area contributed by atoms with Crippen molar-refractivity contribution >= 4 is 0 Å². The number of hydrogen-bond acceptors (Lipinski definition) is 2. The third kappa shape index (κ3) is 4.39. The van der Waals surface area contributed by atoms with Crippen LogP contribution in [-0.2, 0) is 0 Å². The minimum Gasteiger partial charge on any atom is -0.388 e. The molecule has 0 heterocycles. The fraction of sp³-hybridized carbons (Fsp3) is 0.600. The van der Waals surface area contributed by atoms with Crippen LogP contribution in [-0.4, -0.2) is 28.6 Å². The van der Waals surface area contributed by atoms with Crippen LogP contribution < -0.4 is 0 Å². The average molecular weight is 253 g/mol. The Morgan fingerprint density at radius 3 is 2.22 bits per heavy atom. The Labute approximate surface area is 109 Å². The number of rotatable bonds is 5. The van der Waals surface area contributed by atoms with Crippen LogP contribution in [0.2, 0.25) is 0 Å². The smallest absolute Gasteiger partial charge is 0.123 e. The topological polar surface area (TPSA) is 23.5 Å². The minimum absolute atomic E-state index is 0.108. The van der Waals surface area contributed by atoms with E-state index >= 15 is 0 Å². The van der Waals surface area contributed by atoms with E-state index in [1.165, 1.54) is 12.1 Å². The van der Waals surface area contributed by atoms with E-state index in [4.69, 9.17) is 0 Å². The second-order valence-corrected chi connectivity index (χ2v) is 5.61. The summed E-state index contributed by atoms with van der Waals surface area (Å²) in [6.07, 6.45) is 0.138. The third-order valence-electron chi connectivity index (χ3n) is 3.26. The molecule has 0 spiro atoms. The summed E-state index contributed by atoms with van der Waals surface area (Å²) in [7, 11) is 0. The molecule has 1 unspecified atom stereocenters. The van der Waals surface area contributed by atoms with Gasteiger partial charge in [-0.3, -0.25) is 4.90 Å². The van der Waals surface area contributed by atoms with Crippen molar-refractivity contribution in [2.75, 3.05) is 13.1 Å². The molecule has 18 heavy (non-hydrogen) atoms. The lowest BCUT2D eigenvalue weighted by atomic mass is 10.0. The second kappa shape index (κ2) is 6.30. The summed E-state index contributed by atoms with van der Waals surface area (Å²) >= 11 is 0. The van der Waals surface area contributed by atoms with E-state index in [9.17, 15) is 9.50 Å². The lowest BCUT2D eigenvalue weighted by molar-refractivity contribution is 0.0997. The Morgan fingerprint density at radius 2 is 1.78 bits per heavy atom. The lowest BCUT2D eigenvalue weighted by Crippen LogP contribution is -2.42. The molecule has 0 radical (unpaired) electrons. The summed E-state index contributed by atoms with van der Waals surface area (Å²) in [5.41, 5.74) is 0.887. The molecule has 1 N–H and O–H groups in total. The quantitative estimate of drug-likeness (QED) is 0.869. The maximum Gasteiger partial charge on any atom is 0.123 e. The van der Waals surface area contributed by atoms with E-state index in [1.54, 1.807) is 12.1 Å². The van der Waals surface area contributed by atoms with Gasteiger partial charge in [0.05, 0.1) is 6.10 Å². The van der Waals surface area contributed by atoms with Gasteiger partial charge in [0.25, 0.3) is 0 Å². The average Bonchev–Trinajstić information content (AvgIpc) is 2.28. The summed E-state index contributed by atoms with van der Waals surface area (Å²) in [6.45, 7) is 10.4. The molecule has 1 aromatic rings. The fourth-order valence-corrected chi connectivity index (χ4v) is 2.10. The number of aliphatic hydroxyl groups excluding tert-OH is 1. The predicted molar refractivity (Wildman–Crippen MR) is 73.0 cm³/mol. The molecule has 3 heteroatoms. The van der Waals surface area contributed by atoms with Crippen LogP contribution in [0.3, 0.4) is 0 Å². The van der Waals surface area contributed by atoms with Crippen molar-refractivity contribution in [1.82, 2.24) is 4.90 Å². The molecule has 1 aromatic carbocycles. The third-order valence-corrected chi connectivity index (χ3v) is 3.26. The molecule has 0 fully saturated rings. The van der Waals surface area contributed by atoms with Crippen LogP contribution in [0.15, 0.2) is 24.3 Å². The molecule has 1 atom stereocenters. The number of aliphatic hydroxyl groups is 1. The van der Waals surface area contributed by atoms with Crippen LogP contribution in [0.25, 0.3) is 0 Å². The van der Waals surface area contributed by atoms with Gasteiger partial charge in [0, 0.05) is 12.1 Å². The Balaban J connectivity index is 2.55. The normalized spacial score (nSPS) is 13.9. The van der Waals surface area contributed by atoms with Gasteiger partial charge in [-0.2, -0.15) is 0 Å². The highest BCUT2D eigenvalue weighted by molar-refractivity contribution is 5.18. The zero-order chi connectivity index (χ0) is 13.8. The lowest BCUT2D eigenvalue weighted by Gasteiger charge is -2.35. The first-order valence-corrected chi connectivity index (χ1v) is 6.53. The maximum absolute atomic E-state index is 12.8. The zero-order valence-electron chi connectivity index (χ0n) is 11.8. The molecule has 102 valence electrons. The molecule has 0 amide bonds. The Hall–Kier alpha value is -0.930. The SMILES string of the molecule is CCN(CCC(O)c1ccc(F)cc1)C(C)(C)C. The number of nitrogens with zero attached hydrogens (tertiary/aromatic N) is 1. The van der Waals surface area contributed by atoms with Crippen LogP contribution in [0.5, 0.6) is 0 Å². The standard InChI is InChI=1S/C15H24FNO/c1-5-17(15(2,3)4)11-10-14(18)12-6-8-13(16)9-7-12/h6-9,14,18H,5,10-11H2,1-4H3. The van der Waals surface area contributed by atoms with Gasteiger partial charge >= 0.3 is 0 Å². The van der Waals surface area contributed by atoms with Gasteiger partial charge in [-0.1, -0.05) is 19.1 Å². The molecule has 1 rings (SSSR count). The highest BCUT2D eigenvalue weighted by Crippen LogP contribution is 2.20. The van der Waals surface area contributed by atoms with Crippen molar-refractivity contribution in [1.29, 1.82) is 0 Å². The maximum atomic E-state index is 12.8. The molecule has 0 aromatic heterocycles. The van der Waals surface area contributed by atoms with Gasteiger partial charge in [-0.25, -0.2) is 4.39 Å². The predicted octanol–water partition coefficient (Wildman–Crippen LogP) is 3.37. The fourth-order valence-electron chi connectivity index (χ4n) is 2.10. The van der Waals surface area contributed by atoms with Crippen LogP contribution in [0.4, 0.5) is 4.39 Å². The molecule has 0 aliphatic rings. The highest BCUT2D eigenvalue weighted by atomic mass is 19.1. The van der Waals surface area contributed by atoms with Crippen LogP contribution >= 0.6 is 0 Å². The first-order valence-electron chi connectivity index (χ1n) is 6.53. The molecule has 0 bridgehead atoms. The van der Waals surface area contributed by atoms with Crippen molar-refractivity contribution in [2.24, 2.45) is 0 Å². The minimum atomic E-state index is -0.526. The molecule has 2 nitrogen and oxygen atoms in total. The molecular formula is C15H24FNO. The summed E-state index contributed by atoms with van der Waals surface area (Å²) in [5.74, 6) is -0.268. The summed E-state index contributed by atoms with van der Waals surface area (Å²) < 4.78 is 12.8. The first kappa shape index (κ1) is 15.1.